The number of hydrogen-bond donors (Lipinski definition) is 1. The van der Waals surface area contributed by atoms with Crippen molar-refractivity contribution in [1.29, 1.82) is 0 Å². The first-order chi connectivity index (χ1) is 10.3. The molecule has 0 saturated heterocycles. The van der Waals surface area contributed by atoms with Gasteiger partial charge >= 0.3 is 0 Å². The summed E-state index contributed by atoms with van der Waals surface area (Å²) in [6, 6.07) is 9.26. The van der Waals surface area contributed by atoms with Crippen LogP contribution in [-0.4, -0.2) is 22.9 Å². The van der Waals surface area contributed by atoms with Gasteiger partial charge in [-0.2, -0.15) is 5.10 Å². The Kier molecular flexibility index (Phi) is 4.25. The summed E-state index contributed by atoms with van der Waals surface area (Å²) in [6.45, 7) is 8.27. The maximum absolute atomic E-state index is 4.38. The van der Waals surface area contributed by atoms with Gasteiger partial charge in [-0.1, -0.05) is 25.1 Å². The molecule has 3 rings (SSSR count). The summed E-state index contributed by atoms with van der Waals surface area (Å²) in [5.74, 6) is 0. The highest BCUT2D eigenvalue weighted by atomic mass is 15.3. The minimum atomic E-state index is 0.487. The number of rotatable bonds is 5. The molecule has 0 fully saturated rings. The third kappa shape index (κ3) is 2.95. The van der Waals surface area contributed by atoms with Gasteiger partial charge < -0.3 is 10.2 Å². The van der Waals surface area contributed by atoms with Crippen LogP contribution in [0, 0.1) is 0 Å². The number of hydrogen-bond acceptors (Lipinski definition) is 3. The second-order valence-electron chi connectivity index (χ2n) is 5.58. The van der Waals surface area contributed by atoms with Crippen LogP contribution in [0.3, 0.4) is 0 Å². The number of para-hydroxylation sites is 1. The third-order valence-corrected chi connectivity index (χ3v) is 4.18. The molecule has 1 aliphatic rings. The second-order valence-corrected chi connectivity index (χ2v) is 5.58. The molecule has 1 aromatic heterocycles. The lowest BCUT2D eigenvalue weighted by Crippen LogP contribution is -2.35. The first-order valence-electron chi connectivity index (χ1n) is 7.90. The Bertz CT molecular complexity index is 590. The van der Waals surface area contributed by atoms with Crippen molar-refractivity contribution in [1.82, 2.24) is 15.1 Å². The highest BCUT2D eigenvalue weighted by Gasteiger charge is 2.24. The Morgan fingerprint density at radius 3 is 2.90 bits per heavy atom. The van der Waals surface area contributed by atoms with E-state index in [1.54, 1.807) is 0 Å². The number of nitrogens with one attached hydrogen (secondary N) is 1. The van der Waals surface area contributed by atoms with Gasteiger partial charge in [0.05, 0.1) is 6.20 Å². The fourth-order valence-corrected chi connectivity index (χ4v) is 3.14. The van der Waals surface area contributed by atoms with E-state index in [0.29, 0.717) is 6.04 Å². The Hall–Kier alpha value is -1.81. The van der Waals surface area contributed by atoms with Gasteiger partial charge in [-0.3, -0.25) is 4.68 Å². The molecular weight excluding hydrogens is 260 g/mol. The smallest absolute Gasteiger partial charge is 0.0539 e. The molecular formula is C17H24N4. The Labute approximate surface area is 126 Å². The molecule has 0 bridgehead atoms. The molecule has 1 unspecified atom stereocenters. The van der Waals surface area contributed by atoms with E-state index < -0.39 is 0 Å². The molecule has 2 aromatic rings. The van der Waals surface area contributed by atoms with Crippen LogP contribution in [-0.2, 0) is 13.1 Å². The maximum atomic E-state index is 4.38. The topological polar surface area (TPSA) is 33.1 Å². The van der Waals surface area contributed by atoms with Crippen LogP contribution >= 0.6 is 0 Å². The van der Waals surface area contributed by atoms with Crippen LogP contribution in [0.15, 0.2) is 36.7 Å². The average molecular weight is 284 g/mol. The Balaban J connectivity index is 1.82. The van der Waals surface area contributed by atoms with Gasteiger partial charge in [0, 0.05) is 43.1 Å². The minimum Gasteiger partial charge on any atom is -0.367 e. The first kappa shape index (κ1) is 14.1. The summed E-state index contributed by atoms with van der Waals surface area (Å²) in [4.78, 5) is 2.47. The molecule has 2 heterocycles. The first-order valence-corrected chi connectivity index (χ1v) is 7.90. The fraction of sp³-hybridized carbons (Fsp3) is 0.471. The van der Waals surface area contributed by atoms with Crippen molar-refractivity contribution in [2.45, 2.75) is 39.4 Å². The predicted octanol–water partition coefficient (Wildman–Crippen LogP) is 2.96. The molecule has 1 aliphatic heterocycles. The van der Waals surface area contributed by atoms with Crippen molar-refractivity contribution < 1.29 is 0 Å². The number of aromatic nitrogens is 2. The molecule has 1 aromatic carbocycles. The van der Waals surface area contributed by atoms with Gasteiger partial charge in [0.15, 0.2) is 0 Å². The van der Waals surface area contributed by atoms with Gasteiger partial charge in [-0.25, -0.2) is 0 Å². The molecule has 1 atom stereocenters. The number of aryl methyl sites for hydroxylation is 1. The summed E-state index contributed by atoms with van der Waals surface area (Å²) < 4.78 is 1.99. The van der Waals surface area contributed by atoms with Crippen molar-refractivity contribution >= 4 is 5.69 Å². The summed E-state index contributed by atoms with van der Waals surface area (Å²) in [7, 11) is 0. The van der Waals surface area contributed by atoms with Crippen LogP contribution in [0.25, 0.3) is 0 Å². The molecule has 0 radical (unpaired) electrons. The monoisotopic (exact) mass is 284 g/mol. The van der Waals surface area contributed by atoms with Crippen molar-refractivity contribution in [2.75, 3.05) is 18.0 Å². The van der Waals surface area contributed by atoms with Crippen LogP contribution in [0.5, 0.6) is 0 Å². The normalized spacial score (nSPS) is 17.8. The highest BCUT2D eigenvalue weighted by Crippen LogP contribution is 2.34. The zero-order valence-electron chi connectivity index (χ0n) is 12.9. The number of anilines is 1. The van der Waals surface area contributed by atoms with Gasteiger partial charge in [-0.05, 0) is 31.5 Å². The second kappa shape index (κ2) is 6.31. The molecule has 0 aliphatic carbocycles. The number of nitrogens with zero attached hydrogens (tertiary/aromatic N) is 3. The summed E-state index contributed by atoms with van der Waals surface area (Å²) in [5, 5.41) is 7.97. The van der Waals surface area contributed by atoms with E-state index in [1.165, 1.54) is 16.8 Å². The quantitative estimate of drug-likeness (QED) is 0.916. The zero-order valence-corrected chi connectivity index (χ0v) is 12.9. The van der Waals surface area contributed by atoms with Crippen LogP contribution in [0.4, 0.5) is 5.69 Å². The SMILES string of the molecule is CCNC1CCN(Cc2cnn(CC)c2)c2ccccc21. The molecule has 1 N–H and O–H groups in total. The van der Waals surface area contributed by atoms with E-state index in [9.17, 15) is 0 Å². The highest BCUT2D eigenvalue weighted by molar-refractivity contribution is 5.57. The van der Waals surface area contributed by atoms with Crippen LogP contribution < -0.4 is 10.2 Å². The van der Waals surface area contributed by atoms with Crippen molar-refractivity contribution in [3.63, 3.8) is 0 Å². The molecule has 112 valence electrons. The summed E-state index contributed by atoms with van der Waals surface area (Å²) >= 11 is 0. The van der Waals surface area contributed by atoms with Crippen molar-refractivity contribution in [2.24, 2.45) is 0 Å². The summed E-state index contributed by atoms with van der Waals surface area (Å²) in [6.07, 6.45) is 5.30. The lowest BCUT2D eigenvalue weighted by Gasteiger charge is -2.36. The van der Waals surface area contributed by atoms with Gasteiger partial charge in [0.2, 0.25) is 0 Å². The Morgan fingerprint density at radius 2 is 2.14 bits per heavy atom. The van der Waals surface area contributed by atoms with Gasteiger partial charge in [0.25, 0.3) is 0 Å². The molecule has 0 spiro atoms. The van der Waals surface area contributed by atoms with Gasteiger partial charge in [0.1, 0.15) is 0 Å². The minimum absolute atomic E-state index is 0.487. The van der Waals surface area contributed by atoms with E-state index in [1.807, 2.05) is 10.9 Å². The molecule has 21 heavy (non-hydrogen) atoms. The number of benzene rings is 1. The molecule has 0 amide bonds. The lowest BCUT2D eigenvalue weighted by atomic mass is 9.96. The largest absolute Gasteiger partial charge is 0.367 e. The molecule has 4 heteroatoms. The van der Waals surface area contributed by atoms with Gasteiger partial charge in [-0.15, -0.1) is 0 Å². The van der Waals surface area contributed by atoms with Crippen LogP contribution in [0.1, 0.15) is 37.4 Å². The van der Waals surface area contributed by atoms with E-state index in [-0.39, 0.29) is 0 Å². The van der Waals surface area contributed by atoms with E-state index in [2.05, 4.69) is 59.6 Å². The maximum Gasteiger partial charge on any atom is 0.0539 e. The molecule has 4 nitrogen and oxygen atoms in total. The van der Waals surface area contributed by atoms with Crippen LogP contribution in [0.2, 0.25) is 0 Å². The number of fused-ring (bicyclic) bond motifs is 1. The van der Waals surface area contributed by atoms with Crippen molar-refractivity contribution in [3.8, 4) is 0 Å². The Morgan fingerprint density at radius 1 is 1.29 bits per heavy atom. The van der Waals surface area contributed by atoms with E-state index in [4.69, 9.17) is 0 Å². The lowest BCUT2D eigenvalue weighted by molar-refractivity contribution is 0.489. The van der Waals surface area contributed by atoms with E-state index >= 15 is 0 Å². The standard InChI is InChI=1S/C17H24N4/c1-3-18-16-9-10-20(17-8-6-5-7-15(16)17)12-14-11-19-21(4-2)13-14/h5-8,11,13,16,18H,3-4,9-10,12H2,1-2H3. The average Bonchev–Trinajstić information content (AvgIpc) is 2.98. The zero-order chi connectivity index (χ0) is 14.7. The fourth-order valence-electron chi connectivity index (χ4n) is 3.14. The van der Waals surface area contributed by atoms with E-state index in [0.717, 1.165) is 32.6 Å². The third-order valence-electron chi connectivity index (χ3n) is 4.18. The summed E-state index contributed by atoms with van der Waals surface area (Å²) in [5.41, 5.74) is 4.07. The molecule has 0 saturated carbocycles. The predicted molar refractivity (Wildman–Crippen MR) is 86.4 cm³/mol. The van der Waals surface area contributed by atoms with Crippen molar-refractivity contribution in [3.05, 3.63) is 47.8 Å².